The Labute approximate surface area is 122 Å². The Morgan fingerprint density at radius 2 is 1.90 bits per heavy atom. The summed E-state index contributed by atoms with van der Waals surface area (Å²) >= 11 is 0. The standard InChI is InChI=1S/C16H15NO4/c1-11-4-2-5-12(8-11)16(20)17-13-6-3-7-14(9-13)21-10-15(18)19/h2-9H,10H2,1H3,(H,17,20)(H,18,19)/p-1. The highest BCUT2D eigenvalue weighted by Crippen LogP contribution is 2.18. The number of amides is 1. The first-order valence-corrected chi connectivity index (χ1v) is 6.35. The van der Waals surface area contributed by atoms with Gasteiger partial charge >= 0.3 is 0 Å². The zero-order valence-electron chi connectivity index (χ0n) is 11.5. The van der Waals surface area contributed by atoms with Crippen LogP contribution in [0.3, 0.4) is 0 Å². The minimum atomic E-state index is -1.30. The van der Waals surface area contributed by atoms with Crippen LogP contribution in [0.5, 0.6) is 5.75 Å². The quantitative estimate of drug-likeness (QED) is 0.899. The molecule has 0 aliphatic carbocycles. The summed E-state index contributed by atoms with van der Waals surface area (Å²) in [5, 5.41) is 13.1. The highest BCUT2D eigenvalue weighted by Gasteiger charge is 2.06. The van der Waals surface area contributed by atoms with Crippen LogP contribution < -0.4 is 15.2 Å². The van der Waals surface area contributed by atoms with Crippen LogP contribution >= 0.6 is 0 Å². The number of benzene rings is 2. The van der Waals surface area contributed by atoms with Gasteiger partial charge < -0.3 is 20.0 Å². The number of carboxylic acid groups (broad SMARTS) is 1. The Kier molecular flexibility index (Phi) is 4.56. The van der Waals surface area contributed by atoms with Crippen LogP contribution in [-0.4, -0.2) is 18.5 Å². The molecule has 5 nitrogen and oxygen atoms in total. The van der Waals surface area contributed by atoms with E-state index in [2.05, 4.69) is 5.32 Å². The Morgan fingerprint density at radius 1 is 1.14 bits per heavy atom. The van der Waals surface area contributed by atoms with E-state index in [1.807, 2.05) is 19.1 Å². The fourth-order valence-corrected chi connectivity index (χ4v) is 1.80. The SMILES string of the molecule is Cc1cccc(C(=O)Nc2cccc(OCC(=O)[O-])c2)c1. The molecule has 0 aromatic heterocycles. The smallest absolute Gasteiger partial charge is 0.255 e. The summed E-state index contributed by atoms with van der Waals surface area (Å²) in [5.41, 5.74) is 2.07. The maximum absolute atomic E-state index is 12.1. The molecule has 0 radical (unpaired) electrons. The molecule has 0 fully saturated rings. The monoisotopic (exact) mass is 284 g/mol. The number of aryl methyl sites for hydroxylation is 1. The van der Waals surface area contributed by atoms with Gasteiger partial charge in [0, 0.05) is 17.3 Å². The van der Waals surface area contributed by atoms with Gasteiger partial charge in [0.25, 0.3) is 5.91 Å². The van der Waals surface area contributed by atoms with Gasteiger partial charge in [-0.1, -0.05) is 23.8 Å². The lowest BCUT2D eigenvalue weighted by Crippen LogP contribution is -2.28. The average molecular weight is 284 g/mol. The van der Waals surface area contributed by atoms with Crippen LogP contribution in [-0.2, 0) is 4.79 Å². The topological polar surface area (TPSA) is 78.5 Å². The van der Waals surface area contributed by atoms with E-state index in [9.17, 15) is 14.7 Å². The van der Waals surface area contributed by atoms with E-state index in [1.165, 1.54) is 0 Å². The highest BCUT2D eigenvalue weighted by atomic mass is 16.5. The molecule has 108 valence electrons. The molecule has 0 atom stereocenters. The lowest BCUT2D eigenvalue weighted by atomic mass is 10.1. The zero-order chi connectivity index (χ0) is 15.2. The third kappa shape index (κ3) is 4.35. The number of carboxylic acids is 1. The van der Waals surface area contributed by atoms with Gasteiger partial charge in [0.15, 0.2) is 0 Å². The normalized spacial score (nSPS) is 9.95. The molecule has 0 bridgehead atoms. The van der Waals surface area contributed by atoms with Crippen molar-refractivity contribution >= 4 is 17.6 Å². The Morgan fingerprint density at radius 3 is 2.62 bits per heavy atom. The molecule has 5 heteroatoms. The first-order chi connectivity index (χ1) is 10.0. The molecule has 2 aromatic carbocycles. The molecule has 21 heavy (non-hydrogen) atoms. The lowest BCUT2D eigenvalue weighted by molar-refractivity contribution is -0.307. The largest absolute Gasteiger partial charge is 0.546 e. The summed E-state index contributed by atoms with van der Waals surface area (Å²) in [5.74, 6) is -1.19. The van der Waals surface area contributed by atoms with E-state index in [4.69, 9.17) is 4.74 Å². The Balaban J connectivity index is 2.07. The number of ether oxygens (including phenoxy) is 1. The third-order valence-corrected chi connectivity index (χ3v) is 2.73. The number of rotatable bonds is 5. The second kappa shape index (κ2) is 6.56. The van der Waals surface area contributed by atoms with E-state index < -0.39 is 12.6 Å². The average Bonchev–Trinajstić information content (AvgIpc) is 2.45. The number of anilines is 1. The molecule has 2 rings (SSSR count). The molecule has 1 N–H and O–H groups in total. The van der Waals surface area contributed by atoms with Crippen molar-refractivity contribution in [3.05, 3.63) is 59.7 Å². The van der Waals surface area contributed by atoms with Crippen molar-refractivity contribution in [1.82, 2.24) is 0 Å². The maximum Gasteiger partial charge on any atom is 0.255 e. The third-order valence-electron chi connectivity index (χ3n) is 2.73. The summed E-state index contributed by atoms with van der Waals surface area (Å²) in [6, 6.07) is 13.7. The van der Waals surface area contributed by atoms with Gasteiger partial charge in [0.2, 0.25) is 0 Å². The van der Waals surface area contributed by atoms with Crippen LogP contribution in [0.15, 0.2) is 48.5 Å². The van der Waals surface area contributed by atoms with Gasteiger partial charge in [0.05, 0.1) is 5.97 Å². The molecular formula is C16H14NO4-. The number of carbonyl (C=O) groups is 2. The summed E-state index contributed by atoms with van der Waals surface area (Å²) in [4.78, 5) is 22.4. The fraction of sp³-hybridized carbons (Fsp3) is 0.125. The molecule has 2 aromatic rings. The number of hydrogen-bond acceptors (Lipinski definition) is 4. The van der Waals surface area contributed by atoms with Gasteiger partial charge in [-0.3, -0.25) is 4.79 Å². The summed E-state index contributed by atoms with van der Waals surface area (Å²) < 4.78 is 5.00. The molecule has 0 aliphatic rings. The van der Waals surface area contributed by atoms with Crippen molar-refractivity contribution in [3.63, 3.8) is 0 Å². The predicted molar refractivity (Wildman–Crippen MR) is 76.1 cm³/mol. The number of aliphatic carboxylic acids is 1. The van der Waals surface area contributed by atoms with Gasteiger partial charge in [-0.2, -0.15) is 0 Å². The van der Waals surface area contributed by atoms with Crippen LogP contribution in [0.1, 0.15) is 15.9 Å². The van der Waals surface area contributed by atoms with Crippen LogP contribution in [0.25, 0.3) is 0 Å². The summed E-state index contributed by atoms with van der Waals surface area (Å²) in [6.45, 7) is 1.38. The zero-order valence-corrected chi connectivity index (χ0v) is 11.5. The number of carbonyl (C=O) groups excluding carboxylic acids is 2. The highest BCUT2D eigenvalue weighted by molar-refractivity contribution is 6.04. The molecule has 0 saturated carbocycles. The number of hydrogen-bond donors (Lipinski definition) is 1. The molecule has 0 unspecified atom stereocenters. The van der Waals surface area contributed by atoms with Crippen molar-refractivity contribution in [1.29, 1.82) is 0 Å². The molecule has 0 aliphatic heterocycles. The fourth-order valence-electron chi connectivity index (χ4n) is 1.80. The Bertz CT molecular complexity index is 667. The van der Waals surface area contributed by atoms with Crippen molar-refractivity contribution in [2.45, 2.75) is 6.92 Å². The lowest BCUT2D eigenvalue weighted by Gasteiger charge is -2.09. The van der Waals surface area contributed by atoms with Crippen molar-refractivity contribution < 1.29 is 19.4 Å². The number of nitrogens with one attached hydrogen (secondary N) is 1. The molecule has 0 spiro atoms. The van der Waals surface area contributed by atoms with Crippen LogP contribution in [0, 0.1) is 6.92 Å². The molecular weight excluding hydrogens is 270 g/mol. The van der Waals surface area contributed by atoms with E-state index in [0.29, 0.717) is 17.0 Å². The Hall–Kier alpha value is -2.82. The maximum atomic E-state index is 12.1. The van der Waals surface area contributed by atoms with Crippen molar-refractivity contribution in [2.24, 2.45) is 0 Å². The van der Waals surface area contributed by atoms with Crippen LogP contribution in [0.2, 0.25) is 0 Å². The summed E-state index contributed by atoms with van der Waals surface area (Å²) in [6.07, 6.45) is 0. The van der Waals surface area contributed by atoms with Crippen molar-refractivity contribution in [3.8, 4) is 5.75 Å². The minimum Gasteiger partial charge on any atom is -0.546 e. The van der Waals surface area contributed by atoms with Crippen LogP contribution in [0.4, 0.5) is 5.69 Å². The molecule has 0 saturated heterocycles. The predicted octanol–water partition coefficient (Wildman–Crippen LogP) is 1.38. The second-order valence-corrected chi connectivity index (χ2v) is 4.51. The van der Waals surface area contributed by atoms with Gasteiger partial charge in [-0.15, -0.1) is 0 Å². The second-order valence-electron chi connectivity index (χ2n) is 4.51. The first kappa shape index (κ1) is 14.6. The summed E-state index contributed by atoms with van der Waals surface area (Å²) in [7, 11) is 0. The molecule has 0 heterocycles. The van der Waals surface area contributed by atoms with E-state index >= 15 is 0 Å². The van der Waals surface area contributed by atoms with Gasteiger partial charge in [-0.25, -0.2) is 0 Å². The minimum absolute atomic E-state index is 0.240. The first-order valence-electron chi connectivity index (χ1n) is 6.35. The van der Waals surface area contributed by atoms with Gasteiger partial charge in [0.1, 0.15) is 12.4 Å². The van der Waals surface area contributed by atoms with Gasteiger partial charge in [-0.05, 0) is 31.2 Å². The van der Waals surface area contributed by atoms with E-state index in [0.717, 1.165) is 5.56 Å². The molecule has 1 amide bonds. The van der Waals surface area contributed by atoms with E-state index in [-0.39, 0.29) is 5.91 Å². The van der Waals surface area contributed by atoms with Crippen molar-refractivity contribution in [2.75, 3.05) is 11.9 Å². The van der Waals surface area contributed by atoms with E-state index in [1.54, 1.807) is 36.4 Å².